The molecule has 236 valence electrons. The summed E-state index contributed by atoms with van der Waals surface area (Å²) in [4.78, 5) is 7.53. The highest BCUT2D eigenvalue weighted by atomic mass is 15.2. The minimum atomic E-state index is 0.839. The molecule has 2 heterocycles. The van der Waals surface area contributed by atoms with E-state index in [4.69, 9.17) is 4.98 Å². The van der Waals surface area contributed by atoms with Crippen LogP contribution in [0.3, 0.4) is 0 Å². The monoisotopic (exact) mass is 639 g/mol. The Morgan fingerprint density at radius 2 is 0.980 bits per heavy atom. The Hall–Kier alpha value is -6.45. The van der Waals surface area contributed by atoms with Crippen molar-refractivity contribution in [2.75, 3.05) is 4.90 Å². The van der Waals surface area contributed by atoms with Crippen molar-refractivity contribution in [3.63, 3.8) is 0 Å². The number of imidazole rings is 1. The van der Waals surface area contributed by atoms with Gasteiger partial charge in [0.15, 0.2) is 0 Å². The number of nitrogens with zero attached hydrogens (tertiary/aromatic N) is 3. The van der Waals surface area contributed by atoms with Crippen LogP contribution in [0.1, 0.15) is 12.7 Å². The third-order valence-electron chi connectivity index (χ3n) is 10.3. The van der Waals surface area contributed by atoms with Crippen LogP contribution in [0.5, 0.6) is 0 Å². The standard InChI is InChI=1S/C47H33N3/c1-2-43-48-40-24-14-26-42-47(40)50(43)46-35(23-13-25-41(46)49(42)34-17-7-4-8-18-34)31-27-29-33(30-28-31)45-38-21-11-9-19-36(38)44(32-15-5-3-6-16-32)37-20-10-12-22-39(37)45/h3-30H,2H2,1H3. The van der Waals surface area contributed by atoms with Crippen LogP contribution in [-0.4, -0.2) is 9.55 Å². The lowest BCUT2D eigenvalue weighted by Gasteiger charge is -2.34. The second-order valence-electron chi connectivity index (χ2n) is 13.0. The fraction of sp³-hybridized carbons (Fsp3) is 0.0426. The minimum Gasteiger partial charge on any atom is -0.306 e. The maximum Gasteiger partial charge on any atom is 0.114 e. The van der Waals surface area contributed by atoms with E-state index in [2.05, 4.69) is 186 Å². The van der Waals surface area contributed by atoms with Crippen LogP contribution in [0.25, 0.3) is 71.6 Å². The van der Waals surface area contributed by atoms with E-state index in [9.17, 15) is 0 Å². The summed E-state index contributed by atoms with van der Waals surface area (Å²) in [5.74, 6) is 1.07. The van der Waals surface area contributed by atoms with Gasteiger partial charge < -0.3 is 4.90 Å². The van der Waals surface area contributed by atoms with Crippen molar-refractivity contribution in [2.24, 2.45) is 0 Å². The van der Waals surface area contributed by atoms with Gasteiger partial charge in [0.2, 0.25) is 0 Å². The third kappa shape index (κ3) is 4.20. The molecular formula is C47H33N3. The summed E-state index contributed by atoms with van der Waals surface area (Å²) in [5.41, 5.74) is 14.2. The lowest BCUT2D eigenvalue weighted by molar-refractivity contribution is 0.901. The first-order valence-electron chi connectivity index (χ1n) is 17.4. The zero-order valence-electron chi connectivity index (χ0n) is 27.7. The van der Waals surface area contributed by atoms with E-state index in [0.717, 1.165) is 40.3 Å². The Bertz CT molecular complexity index is 2670. The minimum absolute atomic E-state index is 0.839. The topological polar surface area (TPSA) is 21.1 Å². The Labute approximate surface area is 291 Å². The van der Waals surface area contributed by atoms with E-state index in [1.165, 1.54) is 60.6 Å². The predicted molar refractivity (Wildman–Crippen MR) is 210 cm³/mol. The lowest BCUT2D eigenvalue weighted by atomic mass is 9.85. The molecule has 0 saturated carbocycles. The highest BCUT2D eigenvalue weighted by molar-refractivity contribution is 6.21. The average Bonchev–Trinajstić information content (AvgIpc) is 3.57. The van der Waals surface area contributed by atoms with Crippen molar-refractivity contribution in [3.05, 3.63) is 176 Å². The van der Waals surface area contributed by atoms with Gasteiger partial charge in [-0.15, -0.1) is 0 Å². The second-order valence-corrected chi connectivity index (χ2v) is 13.0. The van der Waals surface area contributed by atoms with Crippen molar-refractivity contribution in [3.8, 4) is 39.1 Å². The number of benzene rings is 8. The summed E-state index contributed by atoms with van der Waals surface area (Å²) >= 11 is 0. The molecule has 0 amide bonds. The van der Waals surface area contributed by atoms with Crippen LogP contribution in [0.2, 0.25) is 0 Å². The van der Waals surface area contributed by atoms with Crippen LogP contribution in [0.15, 0.2) is 170 Å². The zero-order chi connectivity index (χ0) is 33.2. The number of hydrogen-bond donors (Lipinski definition) is 0. The van der Waals surface area contributed by atoms with Gasteiger partial charge in [-0.2, -0.15) is 0 Å². The van der Waals surface area contributed by atoms with E-state index in [0.29, 0.717) is 0 Å². The Morgan fingerprint density at radius 1 is 0.460 bits per heavy atom. The average molecular weight is 640 g/mol. The molecule has 1 aliphatic rings. The Kier molecular flexibility index (Phi) is 6.47. The number of aryl methyl sites for hydroxylation is 1. The first-order valence-corrected chi connectivity index (χ1v) is 17.4. The first-order chi connectivity index (χ1) is 24.8. The van der Waals surface area contributed by atoms with Gasteiger partial charge in [-0.1, -0.05) is 146 Å². The van der Waals surface area contributed by atoms with Crippen LogP contribution < -0.4 is 4.90 Å². The number of rotatable bonds is 5. The second kappa shape index (κ2) is 11.3. The lowest BCUT2D eigenvalue weighted by Crippen LogP contribution is -2.19. The molecule has 0 saturated heterocycles. The highest BCUT2D eigenvalue weighted by Gasteiger charge is 2.30. The van der Waals surface area contributed by atoms with Crippen LogP contribution in [0, 0.1) is 0 Å². The molecule has 3 nitrogen and oxygen atoms in total. The molecule has 0 spiro atoms. The van der Waals surface area contributed by atoms with Crippen molar-refractivity contribution >= 4 is 49.6 Å². The maximum absolute atomic E-state index is 5.14. The molecule has 0 fully saturated rings. The molecule has 0 N–H and O–H groups in total. The fourth-order valence-electron chi connectivity index (χ4n) is 8.15. The zero-order valence-corrected chi connectivity index (χ0v) is 27.7. The van der Waals surface area contributed by atoms with E-state index < -0.39 is 0 Å². The first kappa shape index (κ1) is 28.6. The van der Waals surface area contributed by atoms with Crippen LogP contribution in [-0.2, 0) is 6.42 Å². The summed E-state index contributed by atoms with van der Waals surface area (Å²) in [6.45, 7) is 2.20. The number of para-hydroxylation sites is 3. The molecule has 8 aromatic carbocycles. The summed E-state index contributed by atoms with van der Waals surface area (Å²) in [7, 11) is 0. The Morgan fingerprint density at radius 3 is 1.60 bits per heavy atom. The molecule has 1 aliphatic heterocycles. The van der Waals surface area contributed by atoms with Gasteiger partial charge in [-0.05, 0) is 79.7 Å². The molecule has 0 bridgehead atoms. The SMILES string of the molecule is CCc1nc2cccc3c2n1-c1c(-c2ccc(-c4c5ccccc5c(-c5ccccc5)c5ccccc45)cc2)cccc1N3c1ccccc1. The number of fused-ring (bicyclic) bond motifs is 4. The highest BCUT2D eigenvalue weighted by Crippen LogP contribution is 2.50. The van der Waals surface area contributed by atoms with Gasteiger partial charge in [0, 0.05) is 17.7 Å². The smallest absolute Gasteiger partial charge is 0.114 e. The summed E-state index contributed by atoms with van der Waals surface area (Å²) in [6, 6.07) is 61.6. The van der Waals surface area contributed by atoms with Crippen LogP contribution >= 0.6 is 0 Å². The molecule has 10 rings (SSSR count). The third-order valence-corrected chi connectivity index (χ3v) is 10.3. The van der Waals surface area contributed by atoms with E-state index in [1.807, 2.05) is 0 Å². The van der Waals surface area contributed by atoms with Crippen molar-refractivity contribution in [2.45, 2.75) is 13.3 Å². The number of aromatic nitrogens is 2. The van der Waals surface area contributed by atoms with Gasteiger partial charge >= 0.3 is 0 Å². The fourth-order valence-corrected chi connectivity index (χ4v) is 8.15. The normalized spacial score (nSPS) is 12.1. The molecule has 50 heavy (non-hydrogen) atoms. The molecule has 1 aromatic heterocycles. The van der Waals surface area contributed by atoms with Crippen molar-refractivity contribution in [1.29, 1.82) is 0 Å². The van der Waals surface area contributed by atoms with Gasteiger partial charge in [0.1, 0.15) is 5.82 Å². The van der Waals surface area contributed by atoms with Gasteiger partial charge in [0.25, 0.3) is 0 Å². The molecule has 0 radical (unpaired) electrons. The van der Waals surface area contributed by atoms with Crippen molar-refractivity contribution in [1.82, 2.24) is 9.55 Å². The van der Waals surface area contributed by atoms with Gasteiger partial charge in [0.05, 0.1) is 28.1 Å². The maximum atomic E-state index is 5.14. The summed E-state index contributed by atoms with van der Waals surface area (Å²) in [5, 5.41) is 5.06. The molecule has 0 atom stereocenters. The van der Waals surface area contributed by atoms with Crippen LogP contribution in [0.4, 0.5) is 17.1 Å². The molecule has 0 unspecified atom stereocenters. The molecule has 9 aromatic rings. The van der Waals surface area contributed by atoms with Crippen molar-refractivity contribution < 1.29 is 0 Å². The summed E-state index contributed by atoms with van der Waals surface area (Å²) < 4.78 is 2.41. The quantitative estimate of drug-likeness (QED) is 0.175. The van der Waals surface area contributed by atoms with E-state index >= 15 is 0 Å². The molecule has 3 heteroatoms. The van der Waals surface area contributed by atoms with E-state index in [1.54, 1.807) is 0 Å². The molecule has 0 aliphatic carbocycles. The number of hydrogen-bond acceptors (Lipinski definition) is 2. The predicted octanol–water partition coefficient (Wildman–Crippen LogP) is 12.7. The summed E-state index contributed by atoms with van der Waals surface area (Å²) in [6.07, 6.45) is 0.839. The molecular weight excluding hydrogens is 607 g/mol. The number of anilines is 3. The Balaban J connectivity index is 1.19. The van der Waals surface area contributed by atoms with Gasteiger partial charge in [-0.25, -0.2) is 4.98 Å². The largest absolute Gasteiger partial charge is 0.306 e. The van der Waals surface area contributed by atoms with Gasteiger partial charge in [-0.3, -0.25) is 4.57 Å². The van der Waals surface area contributed by atoms with E-state index in [-0.39, 0.29) is 0 Å².